The number of carboxylic acid groups (broad SMARTS) is 1. The molecule has 1 aromatic rings. The molecule has 1 N–H and O–H groups in total. The van der Waals surface area contributed by atoms with Crippen LogP contribution in [0.1, 0.15) is 12.5 Å². The number of fused-ring (bicyclic) bond motifs is 1. The van der Waals surface area contributed by atoms with Gasteiger partial charge in [0.25, 0.3) is 0 Å². The number of carboxylic acids is 1. The molecule has 0 unspecified atom stereocenters. The number of nitrogens with zero attached hydrogens (tertiary/aromatic N) is 2. The maximum absolute atomic E-state index is 10.9. The van der Waals surface area contributed by atoms with E-state index in [-0.39, 0.29) is 0 Å². The van der Waals surface area contributed by atoms with E-state index in [1.165, 1.54) is 0 Å². The summed E-state index contributed by atoms with van der Waals surface area (Å²) in [5.74, 6) is -0.851. The van der Waals surface area contributed by atoms with Gasteiger partial charge in [0.2, 0.25) is 0 Å². The summed E-state index contributed by atoms with van der Waals surface area (Å²) >= 11 is 0. The van der Waals surface area contributed by atoms with Crippen LogP contribution in [-0.4, -0.2) is 22.6 Å². The molecule has 1 aromatic heterocycles. The minimum absolute atomic E-state index is 0.426. The quantitative estimate of drug-likeness (QED) is 0.791. The van der Waals surface area contributed by atoms with Crippen LogP contribution in [-0.2, 0) is 11.2 Å². The van der Waals surface area contributed by atoms with Gasteiger partial charge < -0.3 is 10.0 Å². The van der Waals surface area contributed by atoms with E-state index in [2.05, 4.69) is 4.98 Å². The fourth-order valence-electron chi connectivity index (χ4n) is 1.72. The molecular formula is C11H12N2O2. The first-order valence-corrected chi connectivity index (χ1v) is 4.86. The standard InChI is InChI=1S/C11H12N2O2/c1-2-13-7-9(11(14)15)5-8-3-4-12-6-10(8)13/h3-4,6-7H,2,5H2,1H3,(H,14,15). The van der Waals surface area contributed by atoms with Crippen LogP contribution in [0.3, 0.4) is 0 Å². The summed E-state index contributed by atoms with van der Waals surface area (Å²) in [4.78, 5) is 16.9. The van der Waals surface area contributed by atoms with Crippen LogP contribution in [0.5, 0.6) is 0 Å². The molecule has 0 saturated carbocycles. The molecule has 15 heavy (non-hydrogen) atoms. The zero-order valence-electron chi connectivity index (χ0n) is 8.47. The molecule has 0 radical (unpaired) electrons. The molecule has 1 aliphatic heterocycles. The second-order valence-electron chi connectivity index (χ2n) is 3.43. The lowest BCUT2D eigenvalue weighted by Gasteiger charge is -2.26. The Morgan fingerprint density at radius 2 is 2.47 bits per heavy atom. The Morgan fingerprint density at radius 1 is 1.67 bits per heavy atom. The molecule has 0 spiro atoms. The van der Waals surface area contributed by atoms with E-state index in [0.29, 0.717) is 12.0 Å². The lowest BCUT2D eigenvalue weighted by molar-refractivity contribution is -0.132. The third kappa shape index (κ3) is 1.70. The van der Waals surface area contributed by atoms with Gasteiger partial charge in [0, 0.05) is 25.4 Å². The third-order valence-corrected chi connectivity index (χ3v) is 2.51. The van der Waals surface area contributed by atoms with Crippen molar-refractivity contribution in [1.29, 1.82) is 0 Å². The van der Waals surface area contributed by atoms with E-state index in [1.807, 2.05) is 17.9 Å². The van der Waals surface area contributed by atoms with Crippen LogP contribution in [0.2, 0.25) is 0 Å². The molecule has 0 saturated heterocycles. The van der Waals surface area contributed by atoms with Gasteiger partial charge in [-0.3, -0.25) is 4.98 Å². The smallest absolute Gasteiger partial charge is 0.333 e. The van der Waals surface area contributed by atoms with Crippen LogP contribution in [0.15, 0.2) is 30.2 Å². The first-order valence-electron chi connectivity index (χ1n) is 4.86. The second-order valence-corrected chi connectivity index (χ2v) is 3.43. The lowest BCUT2D eigenvalue weighted by atomic mass is 10.0. The summed E-state index contributed by atoms with van der Waals surface area (Å²) in [5, 5.41) is 8.97. The highest BCUT2D eigenvalue weighted by molar-refractivity contribution is 5.89. The summed E-state index contributed by atoms with van der Waals surface area (Å²) in [5.41, 5.74) is 2.45. The molecule has 0 aromatic carbocycles. The molecule has 78 valence electrons. The van der Waals surface area contributed by atoms with Gasteiger partial charge in [-0.25, -0.2) is 4.79 Å². The van der Waals surface area contributed by atoms with E-state index >= 15 is 0 Å². The molecular weight excluding hydrogens is 192 g/mol. The van der Waals surface area contributed by atoms with Crippen molar-refractivity contribution in [1.82, 2.24) is 4.98 Å². The zero-order chi connectivity index (χ0) is 10.8. The molecule has 2 rings (SSSR count). The Bertz CT molecular complexity index is 426. The number of anilines is 1. The largest absolute Gasteiger partial charge is 0.478 e. The molecule has 2 heterocycles. The number of aliphatic carboxylic acids is 1. The molecule has 4 heteroatoms. The third-order valence-electron chi connectivity index (χ3n) is 2.51. The van der Waals surface area contributed by atoms with E-state index in [9.17, 15) is 4.79 Å². The normalized spacial score (nSPS) is 14.5. The molecule has 1 aliphatic rings. The minimum Gasteiger partial charge on any atom is -0.478 e. The number of carbonyl (C=O) groups is 1. The molecule has 0 aliphatic carbocycles. The summed E-state index contributed by atoms with van der Waals surface area (Å²) in [6.45, 7) is 2.73. The van der Waals surface area contributed by atoms with Gasteiger partial charge in [-0.15, -0.1) is 0 Å². The Hall–Kier alpha value is -1.84. The van der Waals surface area contributed by atoms with Gasteiger partial charge >= 0.3 is 5.97 Å². The molecule has 0 fully saturated rings. The van der Waals surface area contributed by atoms with Gasteiger partial charge in [0.15, 0.2) is 0 Å². The fraction of sp³-hybridized carbons (Fsp3) is 0.273. The van der Waals surface area contributed by atoms with Gasteiger partial charge in [0.05, 0.1) is 17.5 Å². The fourth-order valence-corrected chi connectivity index (χ4v) is 1.72. The first kappa shape index (κ1) is 9.71. The predicted molar refractivity (Wildman–Crippen MR) is 56.7 cm³/mol. The highest BCUT2D eigenvalue weighted by Gasteiger charge is 2.19. The molecule has 0 atom stereocenters. The summed E-state index contributed by atoms with van der Waals surface area (Å²) < 4.78 is 0. The Morgan fingerprint density at radius 3 is 3.13 bits per heavy atom. The lowest BCUT2D eigenvalue weighted by Crippen LogP contribution is -2.24. The number of aromatic nitrogens is 1. The molecule has 0 amide bonds. The number of rotatable bonds is 2. The van der Waals surface area contributed by atoms with Crippen molar-refractivity contribution in [2.75, 3.05) is 11.4 Å². The van der Waals surface area contributed by atoms with Crippen LogP contribution in [0.25, 0.3) is 0 Å². The van der Waals surface area contributed by atoms with Crippen molar-refractivity contribution in [2.45, 2.75) is 13.3 Å². The summed E-state index contributed by atoms with van der Waals surface area (Å²) in [6.07, 6.45) is 5.63. The van der Waals surface area contributed by atoms with Crippen molar-refractivity contribution < 1.29 is 9.90 Å². The van der Waals surface area contributed by atoms with Gasteiger partial charge in [-0.2, -0.15) is 0 Å². The second kappa shape index (κ2) is 3.73. The number of hydrogen-bond acceptors (Lipinski definition) is 3. The van der Waals surface area contributed by atoms with Crippen molar-refractivity contribution in [3.05, 3.63) is 35.8 Å². The zero-order valence-corrected chi connectivity index (χ0v) is 8.47. The van der Waals surface area contributed by atoms with E-state index in [4.69, 9.17) is 5.11 Å². The summed E-state index contributed by atoms with van der Waals surface area (Å²) in [7, 11) is 0. The van der Waals surface area contributed by atoms with Crippen LogP contribution < -0.4 is 4.90 Å². The first-order chi connectivity index (χ1) is 7.22. The highest BCUT2D eigenvalue weighted by Crippen LogP contribution is 2.27. The average Bonchev–Trinajstić information content (AvgIpc) is 2.27. The predicted octanol–water partition coefficient (Wildman–Crippen LogP) is 1.43. The monoisotopic (exact) mass is 204 g/mol. The average molecular weight is 204 g/mol. The molecule has 4 nitrogen and oxygen atoms in total. The number of pyridine rings is 1. The van der Waals surface area contributed by atoms with E-state index in [0.717, 1.165) is 17.8 Å². The van der Waals surface area contributed by atoms with Crippen molar-refractivity contribution in [3.63, 3.8) is 0 Å². The van der Waals surface area contributed by atoms with Gasteiger partial charge in [0.1, 0.15) is 0 Å². The van der Waals surface area contributed by atoms with Crippen molar-refractivity contribution in [3.8, 4) is 0 Å². The Balaban J connectivity index is 2.43. The van der Waals surface area contributed by atoms with Crippen molar-refractivity contribution in [2.24, 2.45) is 0 Å². The maximum atomic E-state index is 10.9. The topological polar surface area (TPSA) is 53.4 Å². The Labute approximate surface area is 87.9 Å². The molecule has 0 bridgehead atoms. The Kier molecular flexibility index (Phi) is 2.41. The van der Waals surface area contributed by atoms with E-state index < -0.39 is 5.97 Å². The van der Waals surface area contributed by atoms with Gasteiger partial charge in [-0.1, -0.05) is 0 Å². The van der Waals surface area contributed by atoms with Crippen LogP contribution in [0.4, 0.5) is 5.69 Å². The minimum atomic E-state index is -0.851. The summed E-state index contributed by atoms with van der Waals surface area (Å²) in [6, 6.07) is 1.87. The SMILES string of the molecule is CCN1C=C(C(=O)O)Cc2ccncc21. The van der Waals surface area contributed by atoms with Gasteiger partial charge in [-0.05, 0) is 18.6 Å². The van der Waals surface area contributed by atoms with Crippen LogP contribution >= 0.6 is 0 Å². The maximum Gasteiger partial charge on any atom is 0.333 e. The van der Waals surface area contributed by atoms with Crippen molar-refractivity contribution >= 4 is 11.7 Å². The van der Waals surface area contributed by atoms with E-state index in [1.54, 1.807) is 18.6 Å². The number of hydrogen-bond donors (Lipinski definition) is 1. The van der Waals surface area contributed by atoms with Crippen LogP contribution in [0, 0.1) is 0 Å². The highest BCUT2D eigenvalue weighted by atomic mass is 16.4.